The Labute approximate surface area is 151 Å². The molecule has 0 bridgehead atoms. The van der Waals surface area contributed by atoms with Crippen molar-refractivity contribution in [2.24, 2.45) is 0 Å². The highest BCUT2D eigenvalue weighted by atomic mass is 16.3. The molecule has 0 aliphatic carbocycles. The lowest BCUT2D eigenvalue weighted by atomic mass is 9.85. The molecule has 2 rings (SSSR count). The summed E-state index contributed by atoms with van der Waals surface area (Å²) in [5.74, 6) is 0.649. The van der Waals surface area contributed by atoms with Crippen LogP contribution in [0, 0.1) is 0 Å². The van der Waals surface area contributed by atoms with Crippen molar-refractivity contribution < 1.29 is 9.90 Å². The molecule has 0 aromatic heterocycles. The third kappa shape index (κ3) is 4.12. The fraction of sp³-hybridized carbons (Fsp3) is 0.435. The summed E-state index contributed by atoms with van der Waals surface area (Å²) < 4.78 is 0. The third-order valence-electron chi connectivity index (χ3n) is 4.69. The minimum absolute atomic E-state index is 0.00394. The molecule has 1 N–H and O–H groups in total. The van der Waals surface area contributed by atoms with Crippen LogP contribution in [-0.2, 0) is 5.41 Å². The van der Waals surface area contributed by atoms with Crippen molar-refractivity contribution >= 4 is 5.78 Å². The lowest BCUT2D eigenvalue weighted by Crippen LogP contribution is -2.11. The van der Waals surface area contributed by atoms with Gasteiger partial charge in [0.05, 0.1) is 0 Å². The van der Waals surface area contributed by atoms with Crippen LogP contribution in [-0.4, -0.2) is 10.9 Å². The molecule has 0 fully saturated rings. The van der Waals surface area contributed by atoms with E-state index in [4.69, 9.17) is 0 Å². The van der Waals surface area contributed by atoms with Crippen LogP contribution in [0.3, 0.4) is 0 Å². The topological polar surface area (TPSA) is 37.3 Å². The Morgan fingerprint density at radius 2 is 1.28 bits per heavy atom. The van der Waals surface area contributed by atoms with Crippen LogP contribution in [0.25, 0.3) is 0 Å². The van der Waals surface area contributed by atoms with E-state index in [2.05, 4.69) is 20.8 Å². The van der Waals surface area contributed by atoms with Gasteiger partial charge in [-0.3, -0.25) is 4.79 Å². The molecule has 0 saturated heterocycles. The normalized spacial score (nSPS) is 12.0. The van der Waals surface area contributed by atoms with Crippen LogP contribution in [0.4, 0.5) is 0 Å². The van der Waals surface area contributed by atoms with Crippen LogP contribution < -0.4 is 0 Å². The summed E-state index contributed by atoms with van der Waals surface area (Å²) in [5, 5.41) is 10.5. The van der Waals surface area contributed by atoms with Gasteiger partial charge in [-0.1, -0.05) is 72.7 Å². The molecule has 0 aliphatic rings. The van der Waals surface area contributed by atoms with Crippen molar-refractivity contribution in [1.29, 1.82) is 0 Å². The number of carbonyl (C=O) groups is 1. The Morgan fingerprint density at radius 3 is 1.64 bits per heavy atom. The minimum atomic E-state index is 0.00394. The summed E-state index contributed by atoms with van der Waals surface area (Å²) in [6.07, 6.45) is 0. The highest BCUT2D eigenvalue weighted by Crippen LogP contribution is 2.35. The van der Waals surface area contributed by atoms with E-state index in [-0.39, 0.29) is 23.0 Å². The largest absolute Gasteiger partial charge is 0.507 e. The summed E-state index contributed by atoms with van der Waals surface area (Å²) in [6, 6.07) is 11.5. The van der Waals surface area contributed by atoms with Crippen molar-refractivity contribution in [3.63, 3.8) is 0 Å². The van der Waals surface area contributed by atoms with Gasteiger partial charge in [-0.2, -0.15) is 0 Å². The Balaban J connectivity index is 2.48. The van der Waals surface area contributed by atoms with E-state index in [1.54, 1.807) is 0 Å². The quantitative estimate of drug-likeness (QED) is 0.677. The van der Waals surface area contributed by atoms with Crippen LogP contribution in [0.5, 0.6) is 5.75 Å². The molecule has 0 amide bonds. The van der Waals surface area contributed by atoms with E-state index >= 15 is 0 Å². The number of hydrogen-bond acceptors (Lipinski definition) is 2. The zero-order chi connectivity index (χ0) is 18.9. The van der Waals surface area contributed by atoms with Gasteiger partial charge in [0.15, 0.2) is 5.78 Å². The summed E-state index contributed by atoms with van der Waals surface area (Å²) >= 11 is 0. The second-order valence-corrected chi connectivity index (χ2v) is 8.47. The second-order valence-electron chi connectivity index (χ2n) is 8.47. The van der Waals surface area contributed by atoms with Gasteiger partial charge in [0.25, 0.3) is 0 Å². The number of ketones is 1. The number of carbonyl (C=O) groups excluding carboxylic acids is 1. The molecular formula is C23H30O2. The average Bonchev–Trinajstić information content (AvgIpc) is 2.53. The Kier molecular flexibility index (Phi) is 5.41. The first kappa shape index (κ1) is 19.2. The highest BCUT2D eigenvalue weighted by Gasteiger charge is 2.20. The fourth-order valence-corrected chi connectivity index (χ4v) is 2.98. The molecule has 0 radical (unpaired) electrons. The summed E-state index contributed by atoms with van der Waals surface area (Å²) in [7, 11) is 0. The second kappa shape index (κ2) is 7.03. The number of benzene rings is 2. The molecule has 0 unspecified atom stereocenters. The van der Waals surface area contributed by atoms with Crippen molar-refractivity contribution in [2.45, 2.75) is 65.7 Å². The number of phenolic OH excluding ortho intramolecular Hbond substituents is 1. The van der Waals surface area contributed by atoms with E-state index in [1.807, 2.05) is 64.1 Å². The van der Waals surface area contributed by atoms with Gasteiger partial charge in [-0.25, -0.2) is 0 Å². The number of hydrogen-bond donors (Lipinski definition) is 1. The third-order valence-corrected chi connectivity index (χ3v) is 4.69. The van der Waals surface area contributed by atoms with Gasteiger partial charge in [0.2, 0.25) is 0 Å². The van der Waals surface area contributed by atoms with E-state index < -0.39 is 0 Å². The maximum absolute atomic E-state index is 13.0. The van der Waals surface area contributed by atoms with Crippen molar-refractivity contribution in [2.75, 3.05) is 0 Å². The lowest BCUT2D eigenvalue weighted by molar-refractivity contribution is 0.103. The summed E-state index contributed by atoms with van der Waals surface area (Å²) in [4.78, 5) is 13.0. The van der Waals surface area contributed by atoms with Gasteiger partial charge in [0, 0.05) is 11.1 Å². The lowest BCUT2D eigenvalue weighted by Gasteiger charge is -2.19. The van der Waals surface area contributed by atoms with E-state index in [9.17, 15) is 9.90 Å². The van der Waals surface area contributed by atoms with Crippen LogP contribution in [0.2, 0.25) is 0 Å². The van der Waals surface area contributed by atoms with Crippen LogP contribution in [0.15, 0.2) is 36.4 Å². The van der Waals surface area contributed by atoms with E-state index in [0.717, 1.165) is 11.1 Å². The number of rotatable bonds is 4. The van der Waals surface area contributed by atoms with E-state index in [1.165, 1.54) is 5.56 Å². The maximum Gasteiger partial charge on any atom is 0.193 e. The molecule has 0 heterocycles. The number of phenols is 1. The first-order chi connectivity index (χ1) is 11.5. The number of aromatic hydroxyl groups is 1. The maximum atomic E-state index is 13.0. The van der Waals surface area contributed by atoms with Gasteiger partial charge in [-0.15, -0.1) is 0 Å². The zero-order valence-electron chi connectivity index (χ0n) is 16.5. The summed E-state index contributed by atoms with van der Waals surface area (Å²) in [6.45, 7) is 14.6. The van der Waals surface area contributed by atoms with Gasteiger partial charge in [0.1, 0.15) is 5.75 Å². The Bertz CT molecular complexity index is 731. The summed E-state index contributed by atoms with van der Waals surface area (Å²) in [5.41, 5.74) is 4.27. The molecule has 0 spiro atoms. The average molecular weight is 338 g/mol. The predicted molar refractivity (Wildman–Crippen MR) is 105 cm³/mol. The molecule has 25 heavy (non-hydrogen) atoms. The van der Waals surface area contributed by atoms with Crippen LogP contribution >= 0.6 is 0 Å². The first-order valence-electron chi connectivity index (χ1n) is 9.04. The highest BCUT2D eigenvalue weighted by molar-refractivity contribution is 6.09. The van der Waals surface area contributed by atoms with Crippen molar-refractivity contribution in [3.05, 3.63) is 64.2 Å². The standard InChI is InChI=1S/C23H30O2/c1-14(2)19-12-17(13-20(15(3)4)22(19)25)21(24)16-8-10-18(11-9-16)23(5,6)7/h8-15,25H,1-7H3. The molecule has 134 valence electrons. The van der Waals surface area contributed by atoms with Gasteiger partial charge < -0.3 is 5.11 Å². The van der Waals surface area contributed by atoms with Crippen molar-refractivity contribution in [1.82, 2.24) is 0 Å². The van der Waals surface area contributed by atoms with Gasteiger partial charge >= 0.3 is 0 Å². The molecule has 0 aliphatic heterocycles. The Hall–Kier alpha value is -2.09. The molecule has 0 atom stereocenters. The Morgan fingerprint density at radius 1 is 0.840 bits per heavy atom. The zero-order valence-corrected chi connectivity index (χ0v) is 16.5. The monoisotopic (exact) mass is 338 g/mol. The molecule has 0 saturated carbocycles. The fourth-order valence-electron chi connectivity index (χ4n) is 2.98. The molecular weight excluding hydrogens is 308 g/mol. The molecule has 2 aromatic carbocycles. The van der Waals surface area contributed by atoms with E-state index in [0.29, 0.717) is 16.9 Å². The molecule has 2 heteroatoms. The first-order valence-corrected chi connectivity index (χ1v) is 9.04. The minimum Gasteiger partial charge on any atom is -0.507 e. The SMILES string of the molecule is CC(C)c1cc(C(=O)c2ccc(C(C)(C)C)cc2)cc(C(C)C)c1O. The van der Waals surface area contributed by atoms with Gasteiger partial charge in [-0.05, 0) is 46.1 Å². The van der Waals surface area contributed by atoms with Crippen molar-refractivity contribution in [3.8, 4) is 5.75 Å². The molecule has 2 aromatic rings. The van der Waals surface area contributed by atoms with Crippen LogP contribution in [0.1, 0.15) is 92.9 Å². The predicted octanol–water partition coefficient (Wildman–Crippen LogP) is 6.17. The molecule has 2 nitrogen and oxygen atoms in total. The smallest absolute Gasteiger partial charge is 0.193 e.